The number of alkyl halides is 1. The Balaban J connectivity index is 2.93. The number of benzene rings is 1. The number of halogens is 1. The highest BCUT2D eigenvalue weighted by Gasteiger charge is 2.08. The van der Waals surface area contributed by atoms with Crippen LogP contribution in [0.3, 0.4) is 0 Å². The fourth-order valence-corrected chi connectivity index (χ4v) is 1.84. The summed E-state index contributed by atoms with van der Waals surface area (Å²) in [4.78, 5) is 10.3. The normalized spacial score (nSPS) is 10.3. The standard InChI is InChI=1S/C11H14BrNO2/c1-2-9-8-11(13(14)15)6-5-10(9)4-3-7-12/h5-6,8H,2-4,7H2,1H3. The van der Waals surface area contributed by atoms with Crippen molar-refractivity contribution in [3.8, 4) is 0 Å². The lowest BCUT2D eigenvalue weighted by atomic mass is 10.0. The summed E-state index contributed by atoms with van der Waals surface area (Å²) >= 11 is 3.38. The zero-order valence-corrected chi connectivity index (χ0v) is 10.3. The van der Waals surface area contributed by atoms with E-state index in [1.54, 1.807) is 12.1 Å². The average Bonchev–Trinajstić information content (AvgIpc) is 2.25. The minimum atomic E-state index is -0.340. The predicted molar refractivity (Wildman–Crippen MR) is 64.6 cm³/mol. The van der Waals surface area contributed by atoms with E-state index in [0.717, 1.165) is 30.2 Å². The first kappa shape index (κ1) is 12.2. The summed E-state index contributed by atoms with van der Waals surface area (Å²) in [7, 11) is 0. The molecule has 1 rings (SSSR count). The minimum absolute atomic E-state index is 0.189. The van der Waals surface area contributed by atoms with Gasteiger partial charge in [0, 0.05) is 17.5 Å². The molecule has 0 saturated carbocycles. The summed E-state index contributed by atoms with van der Waals surface area (Å²) in [5.41, 5.74) is 2.50. The quantitative estimate of drug-likeness (QED) is 0.468. The van der Waals surface area contributed by atoms with Crippen molar-refractivity contribution in [2.75, 3.05) is 5.33 Å². The van der Waals surface area contributed by atoms with Gasteiger partial charge in [0.05, 0.1) is 4.92 Å². The Hall–Kier alpha value is -0.900. The Kier molecular flexibility index (Phi) is 4.75. The number of hydrogen-bond donors (Lipinski definition) is 0. The van der Waals surface area contributed by atoms with Crippen LogP contribution in [-0.4, -0.2) is 10.3 Å². The highest BCUT2D eigenvalue weighted by Crippen LogP contribution is 2.19. The molecule has 0 heterocycles. The van der Waals surface area contributed by atoms with Crippen LogP contribution in [0.25, 0.3) is 0 Å². The summed E-state index contributed by atoms with van der Waals surface area (Å²) < 4.78 is 0. The van der Waals surface area contributed by atoms with Crippen LogP contribution < -0.4 is 0 Å². The highest BCUT2D eigenvalue weighted by atomic mass is 79.9. The Morgan fingerprint density at radius 2 is 2.13 bits per heavy atom. The third kappa shape index (κ3) is 3.30. The van der Waals surface area contributed by atoms with E-state index >= 15 is 0 Å². The van der Waals surface area contributed by atoms with Gasteiger partial charge >= 0.3 is 0 Å². The van der Waals surface area contributed by atoms with E-state index in [9.17, 15) is 10.1 Å². The van der Waals surface area contributed by atoms with Crippen LogP contribution >= 0.6 is 15.9 Å². The van der Waals surface area contributed by atoms with Crippen LogP contribution in [0, 0.1) is 10.1 Å². The number of rotatable bonds is 5. The largest absolute Gasteiger partial charge is 0.269 e. The van der Waals surface area contributed by atoms with Gasteiger partial charge in [-0.1, -0.05) is 28.9 Å². The molecule has 0 N–H and O–H groups in total. The van der Waals surface area contributed by atoms with Crippen molar-refractivity contribution in [3.63, 3.8) is 0 Å². The van der Waals surface area contributed by atoms with Gasteiger partial charge in [0.25, 0.3) is 5.69 Å². The number of aryl methyl sites for hydroxylation is 2. The van der Waals surface area contributed by atoms with Crippen molar-refractivity contribution < 1.29 is 4.92 Å². The molecule has 15 heavy (non-hydrogen) atoms. The number of nitro benzene ring substituents is 1. The van der Waals surface area contributed by atoms with Crippen molar-refractivity contribution in [1.82, 2.24) is 0 Å². The molecule has 0 bridgehead atoms. The molecule has 1 aromatic rings. The Bertz CT molecular complexity index is 352. The van der Waals surface area contributed by atoms with Crippen molar-refractivity contribution >= 4 is 21.6 Å². The molecule has 82 valence electrons. The first-order valence-electron chi connectivity index (χ1n) is 5.01. The van der Waals surface area contributed by atoms with E-state index in [-0.39, 0.29) is 10.6 Å². The van der Waals surface area contributed by atoms with Crippen molar-refractivity contribution in [3.05, 3.63) is 39.4 Å². The molecule has 3 nitrogen and oxygen atoms in total. The minimum Gasteiger partial charge on any atom is -0.258 e. The molecule has 0 radical (unpaired) electrons. The van der Waals surface area contributed by atoms with Gasteiger partial charge in [0.1, 0.15) is 0 Å². The van der Waals surface area contributed by atoms with E-state index in [2.05, 4.69) is 15.9 Å². The molecule has 0 saturated heterocycles. The monoisotopic (exact) mass is 271 g/mol. The fourth-order valence-electron chi connectivity index (χ4n) is 1.56. The zero-order chi connectivity index (χ0) is 11.3. The van der Waals surface area contributed by atoms with Crippen molar-refractivity contribution in [2.24, 2.45) is 0 Å². The smallest absolute Gasteiger partial charge is 0.258 e. The SMILES string of the molecule is CCc1cc([N+](=O)[O-])ccc1CCCBr. The van der Waals surface area contributed by atoms with E-state index < -0.39 is 0 Å². The number of nitro groups is 1. The summed E-state index contributed by atoms with van der Waals surface area (Å²) in [5.74, 6) is 0. The molecule has 0 aliphatic heterocycles. The first-order valence-corrected chi connectivity index (χ1v) is 6.13. The summed E-state index contributed by atoms with van der Waals surface area (Å²) in [6, 6.07) is 5.14. The second kappa shape index (κ2) is 5.85. The van der Waals surface area contributed by atoms with Crippen LogP contribution in [0.15, 0.2) is 18.2 Å². The maximum Gasteiger partial charge on any atom is 0.269 e. The molecule has 0 aliphatic rings. The van der Waals surface area contributed by atoms with E-state index in [1.165, 1.54) is 5.56 Å². The van der Waals surface area contributed by atoms with Gasteiger partial charge in [-0.25, -0.2) is 0 Å². The van der Waals surface area contributed by atoms with Crippen LogP contribution in [0.4, 0.5) is 5.69 Å². The number of nitrogens with zero attached hydrogens (tertiary/aromatic N) is 1. The van der Waals surface area contributed by atoms with E-state index in [4.69, 9.17) is 0 Å². The van der Waals surface area contributed by atoms with Crippen LogP contribution in [0.5, 0.6) is 0 Å². The topological polar surface area (TPSA) is 43.1 Å². The van der Waals surface area contributed by atoms with Crippen LogP contribution in [-0.2, 0) is 12.8 Å². The number of non-ortho nitro benzene ring substituents is 1. The zero-order valence-electron chi connectivity index (χ0n) is 8.70. The second-order valence-corrected chi connectivity index (χ2v) is 4.15. The molecule has 0 spiro atoms. The Morgan fingerprint density at radius 3 is 2.67 bits per heavy atom. The summed E-state index contributed by atoms with van der Waals surface area (Å²) in [5, 5.41) is 11.6. The lowest BCUT2D eigenvalue weighted by Crippen LogP contribution is -1.96. The third-order valence-electron chi connectivity index (χ3n) is 2.36. The molecule has 0 amide bonds. The predicted octanol–water partition coefficient (Wildman–Crippen LogP) is 3.48. The van der Waals surface area contributed by atoms with Crippen LogP contribution in [0.2, 0.25) is 0 Å². The van der Waals surface area contributed by atoms with Crippen molar-refractivity contribution in [2.45, 2.75) is 26.2 Å². The maximum atomic E-state index is 10.6. The second-order valence-electron chi connectivity index (χ2n) is 3.36. The van der Waals surface area contributed by atoms with Gasteiger partial charge in [-0.05, 0) is 30.4 Å². The molecule has 1 aromatic carbocycles. The summed E-state index contributed by atoms with van der Waals surface area (Å²) in [6.07, 6.45) is 2.89. The average molecular weight is 272 g/mol. The molecule has 0 fully saturated rings. The molecule has 4 heteroatoms. The summed E-state index contributed by atoms with van der Waals surface area (Å²) in [6.45, 7) is 2.02. The first-order chi connectivity index (χ1) is 7.19. The van der Waals surface area contributed by atoms with Gasteiger partial charge in [-0.2, -0.15) is 0 Å². The van der Waals surface area contributed by atoms with E-state index in [0.29, 0.717) is 0 Å². The van der Waals surface area contributed by atoms with Crippen LogP contribution in [0.1, 0.15) is 24.5 Å². The molecular weight excluding hydrogens is 258 g/mol. The van der Waals surface area contributed by atoms with Gasteiger partial charge in [-0.15, -0.1) is 0 Å². The molecule has 0 aliphatic carbocycles. The van der Waals surface area contributed by atoms with Crippen molar-refractivity contribution in [1.29, 1.82) is 0 Å². The highest BCUT2D eigenvalue weighted by molar-refractivity contribution is 9.09. The maximum absolute atomic E-state index is 10.6. The molecular formula is C11H14BrNO2. The Morgan fingerprint density at radius 1 is 1.40 bits per heavy atom. The third-order valence-corrected chi connectivity index (χ3v) is 2.92. The fraction of sp³-hybridized carbons (Fsp3) is 0.455. The lowest BCUT2D eigenvalue weighted by Gasteiger charge is -2.06. The van der Waals surface area contributed by atoms with Gasteiger partial charge in [0.2, 0.25) is 0 Å². The molecule has 0 aromatic heterocycles. The molecule has 0 atom stereocenters. The van der Waals surface area contributed by atoms with Gasteiger partial charge in [-0.3, -0.25) is 10.1 Å². The van der Waals surface area contributed by atoms with E-state index in [1.807, 2.05) is 13.0 Å². The van der Waals surface area contributed by atoms with Gasteiger partial charge < -0.3 is 0 Å². The van der Waals surface area contributed by atoms with Gasteiger partial charge in [0.15, 0.2) is 0 Å². The molecule has 0 unspecified atom stereocenters. The number of hydrogen-bond acceptors (Lipinski definition) is 2. The Labute approximate surface area is 97.8 Å². The lowest BCUT2D eigenvalue weighted by molar-refractivity contribution is -0.384.